The van der Waals surface area contributed by atoms with Gasteiger partial charge in [0.15, 0.2) is 17.8 Å². The van der Waals surface area contributed by atoms with Gasteiger partial charge < -0.3 is 20.4 Å². The van der Waals surface area contributed by atoms with E-state index in [1.807, 2.05) is 48.5 Å². The molecule has 34 heavy (non-hydrogen) atoms. The van der Waals surface area contributed by atoms with Gasteiger partial charge in [-0.1, -0.05) is 36.4 Å². The second kappa shape index (κ2) is 9.02. The summed E-state index contributed by atoms with van der Waals surface area (Å²) < 4.78 is 5.58. The summed E-state index contributed by atoms with van der Waals surface area (Å²) in [6.45, 7) is 3.03. The number of primary amides is 1. The molecule has 172 valence electrons. The van der Waals surface area contributed by atoms with Crippen LogP contribution >= 0.6 is 0 Å². The van der Waals surface area contributed by atoms with Gasteiger partial charge in [0, 0.05) is 29.5 Å². The van der Waals surface area contributed by atoms with Gasteiger partial charge >= 0.3 is 0 Å². The number of nitrogens with two attached hydrogens (primary N) is 1. The summed E-state index contributed by atoms with van der Waals surface area (Å²) >= 11 is 0. The van der Waals surface area contributed by atoms with Crippen LogP contribution in [0.15, 0.2) is 71.5 Å². The third-order valence-electron chi connectivity index (χ3n) is 6.43. The lowest BCUT2D eigenvalue weighted by molar-refractivity contribution is 0.0996. The summed E-state index contributed by atoms with van der Waals surface area (Å²) in [5, 5.41) is 4.98. The number of fused-ring (bicyclic) bond motifs is 1. The van der Waals surface area contributed by atoms with Gasteiger partial charge in [0.05, 0.1) is 5.56 Å². The van der Waals surface area contributed by atoms with Crippen molar-refractivity contribution < 1.29 is 14.0 Å². The summed E-state index contributed by atoms with van der Waals surface area (Å²) in [6.07, 6.45) is 4.58. The number of amides is 2. The van der Waals surface area contributed by atoms with Crippen LogP contribution in [0, 0.1) is 0 Å². The fourth-order valence-electron chi connectivity index (χ4n) is 4.65. The smallest absolute Gasteiger partial charge is 0.278 e. The first-order valence-electron chi connectivity index (χ1n) is 11.5. The number of rotatable bonds is 5. The van der Waals surface area contributed by atoms with Crippen molar-refractivity contribution in [3.05, 3.63) is 78.3 Å². The Labute approximate surface area is 197 Å². The highest BCUT2D eigenvalue weighted by atomic mass is 16.3. The zero-order valence-electron chi connectivity index (χ0n) is 19.0. The lowest BCUT2D eigenvalue weighted by Crippen LogP contribution is -2.38. The number of carbonyl (C=O) groups excluding carboxylic acids is 2. The number of benzene rings is 3. The van der Waals surface area contributed by atoms with E-state index in [1.54, 1.807) is 12.1 Å². The average Bonchev–Trinajstić information content (AvgIpc) is 3.34. The Morgan fingerprint density at radius 3 is 2.68 bits per heavy atom. The third kappa shape index (κ3) is 4.12. The lowest BCUT2D eigenvalue weighted by atomic mass is 10.0. The van der Waals surface area contributed by atoms with Crippen molar-refractivity contribution in [3.63, 3.8) is 0 Å². The van der Waals surface area contributed by atoms with E-state index in [0.717, 1.165) is 41.4 Å². The molecule has 3 aromatic carbocycles. The zero-order chi connectivity index (χ0) is 23.7. The van der Waals surface area contributed by atoms with Gasteiger partial charge in [0.2, 0.25) is 0 Å². The van der Waals surface area contributed by atoms with Gasteiger partial charge in [-0.05, 0) is 61.2 Å². The number of piperidine rings is 1. The molecule has 0 saturated carbocycles. The molecule has 0 bridgehead atoms. The Bertz CT molecular complexity index is 1380. The summed E-state index contributed by atoms with van der Waals surface area (Å²) in [6, 6.07) is 19.4. The fourth-order valence-corrected chi connectivity index (χ4v) is 4.65. The van der Waals surface area contributed by atoms with Crippen molar-refractivity contribution in [3.8, 4) is 11.3 Å². The SMILES string of the molecule is C[C@H]1CCCCN1c1ccc(NC(=O)c2ncoc2-c2ccc3ccccc3c2)cc1C(N)=O. The molecule has 0 unspecified atom stereocenters. The molecule has 2 amide bonds. The first-order chi connectivity index (χ1) is 16.5. The zero-order valence-corrected chi connectivity index (χ0v) is 19.0. The fraction of sp³-hybridized carbons (Fsp3) is 0.222. The molecule has 7 nitrogen and oxygen atoms in total. The largest absolute Gasteiger partial charge is 0.443 e. The molecule has 1 atom stereocenters. The number of nitrogens with one attached hydrogen (secondary N) is 1. The highest BCUT2D eigenvalue weighted by Crippen LogP contribution is 2.31. The third-order valence-corrected chi connectivity index (χ3v) is 6.43. The van der Waals surface area contributed by atoms with E-state index < -0.39 is 11.8 Å². The Morgan fingerprint density at radius 2 is 1.88 bits per heavy atom. The predicted octanol–water partition coefficient (Wildman–Crippen LogP) is 5.22. The van der Waals surface area contributed by atoms with Crippen LogP contribution in [-0.2, 0) is 0 Å². The van der Waals surface area contributed by atoms with Gasteiger partial charge in [-0.15, -0.1) is 0 Å². The van der Waals surface area contributed by atoms with E-state index in [-0.39, 0.29) is 5.69 Å². The van der Waals surface area contributed by atoms with Crippen molar-refractivity contribution in [1.82, 2.24) is 4.98 Å². The van der Waals surface area contributed by atoms with Crippen molar-refractivity contribution in [1.29, 1.82) is 0 Å². The van der Waals surface area contributed by atoms with E-state index >= 15 is 0 Å². The van der Waals surface area contributed by atoms with Crippen LogP contribution < -0.4 is 16.0 Å². The number of anilines is 2. The molecule has 2 heterocycles. The van der Waals surface area contributed by atoms with E-state index in [1.165, 1.54) is 12.8 Å². The van der Waals surface area contributed by atoms with Gasteiger partial charge in [-0.2, -0.15) is 0 Å². The van der Waals surface area contributed by atoms with Gasteiger partial charge in [0.25, 0.3) is 11.8 Å². The van der Waals surface area contributed by atoms with Crippen molar-refractivity contribution in [2.75, 3.05) is 16.8 Å². The molecule has 1 aromatic heterocycles. The van der Waals surface area contributed by atoms with Crippen molar-refractivity contribution in [2.45, 2.75) is 32.2 Å². The van der Waals surface area contributed by atoms with E-state index in [2.05, 4.69) is 22.1 Å². The second-order valence-electron chi connectivity index (χ2n) is 8.68. The second-order valence-corrected chi connectivity index (χ2v) is 8.68. The molecular formula is C27H26N4O3. The topological polar surface area (TPSA) is 101 Å². The molecule has 1 fully saturated rings. The van der Waals surface area contributed by atoms with Gasteiger partial charge in [0.1, 0.15) is 0 Å². The van der Waals surface area contributed by atoms with E-state index in [0.29, 0.717) is 23.1 Å². The molecular weight excluding hydrogens is 428 g/mol. The monoisotopic (exact) mass is 454 g/mol. The molecule has 1 aliphatic rings. The molecule has 3 N–H and O–H groups in total. The Hall–Kier alpha value is -4.13. The first kappa shape index (κ1) is 21.7. The number of hydrogen-bond donors (Lipinski definition) is 2. The molecule has 0 radical (unpaired) electrons. The lowest BCUT2D eigenvalue weighted by Gasteiger charge is -2.36. The molecule has 7 heteroatoms. The standard InChI is InChI=1S/C27H26N4O3/c1-17-6-4-5-13-31(17)23-12-11-21(15-22(23)26(28)32)30-27(33)24-25(34-16-29-24)20-10-9-18-7-2-3-8-19(18)14-20/h2-3,7-12,14-17H,4-6,13H2,1H3,(H2,28,32)(H,30,33)/t17-/m0/s1. The molecule has 0 spiro atoms. The summed E-state index contributed by atoms with van der Waals surface area (Å²) in [7, 11) is 0. The quantitative estimate of drug-likeness (QED) is 0.430. The number of oxazole rings is 1. The number of hydrogen-bond acceptors (Lipinski definition) is 5. The van der Waals surface area contributed by atoms with Crippen LogP contribution in [0.1, 0.15) is 47.0 Å². The number of carbonyl (C=O) groups is 2. The number of nitrogens with zero attached hydrogens (tertiary/aromatic N) is 2. The van der Waals surface area contributed by atoms with Crippen LogP contribution in [-0.4, -0.2) is 29.4 Å². The van der Waals surface area contributed by atoms with Crippen LogP contribution in [0.5, 0.6) is 0 Å². The normalized spacial score (nSPS) is 15.9. The minimum Gasteiger partial charge on any atom is -0.443 e. The van der Waals surface area contributed by atoms with E-state index in [4.69, 9.17) is 10.2 Å². The minimum atomic E-state index is -0.526. The predicted molar refractivity (Wildman–Crippen MR) is 133 cm³/mol. The molecule has 1 aliphatic heterocycles. The van der Waals surface area contributed by atoms with Crippen molar-refractivity contribution >= 4 is 34.0 Å². The maximum Gasteiger partial charge on any atom is 0.278 e. The minimum absolute atomic E-state index is 0.171. The Balaban J connectivity index is 1.42. The van der Waals surface area contributed by atoms with Gasteiger partial charge in [-0.3, -0.25) is 9.59 Å². The Morgan fingerprint density at radius 1 is 1.06 bits per heavy atom. The van der Waals surface area contributed by atoms with Crippen LogP contribution in [0.25, 0.3) is 22.1 Å². The highest BCUT2D eigenvalue weighted by Gasteiger charge is 2.24. The average molecular weight is 455 g/mol. The van der Waals surface area contributed by atoms with Crippen LogP contribution in [0.3, 0.4) is 0 Å². The molecule has 4 aromatic rings. The first-order valence-corrected chi connectivity index (χ1v) is 11.5. The van der Waals surface area contributed by atoms with Crippen LogP contribution in [0.2, 0.25) is 0 Å². The van der Waals surface area contributed by atoms with Gasteiger partial charge in [-0.25, -0.2) is 4.98 Å². The molecule has 1 saturated heterocycles. The molecule has 0 aliphatic carbocycles. The number of aromatic nitrogens is 1. The Kier molecular flexibility index (Phi) is 5.76. The molecule has 5 rings (SSSR count). The summed E-state index contributed by atoms with van der Waals surface area (Å²) in [5.74, 6) is -0.564. The maximum atomic E-state index is 13.1. The summed E-state index contributed by atoms with van der Waals surface area (Å²) in [5.41, 5.74) is 8.29. The van der Waals surface area contributed by atoms with Crippen LogP contribution in [0.4, 0.5) is 11.4 Å². The summed E-state index contributed by atoms with van der Waals surface area (Å²) in [4.78, 5) is 31.7. The van der Waals surface area contributed by atoms with E-state index in [9.17, 15) is 9.59 Å². The maximum absolute atomic E-state index is 13.1. The van der Waals surface area contributed by atoms with Crippen molar-refractivity contribution in [2.24, 2.45) is 5.73 Å². The highest BCUT2D eigenvalue weighted by molar-refractivity contribution is 6.08.